The minimum Gasteiger partial charge on any atom is -0.444 e. The fourth-order valence-electron chi connectivity index (χ4n) is 4.28. The molecule has 0 radical (unpaired) electrons. The van der Waals surface area contributed by atoms with Crippen molar-refractivity contribution in [1.29, 1.82) is 0 Å². The molecule has 1 N–H and O–H groups in total. The Labute approximate surface area is 240 Å². The average Bonchev–Trinajstić information content (AvgIpc) is 3.19. The summed E-state index contributed by atoms with van der Waals surface area (Å²) in [5, 5.41) is 2.31. The van der Waals surface area contributed by atoms with E-state index in [0.29, 0.717) is 32.9 Å². The second kappa shape index (κ2) is 16.0. The van der Waals surface area contributed by atoms with Gasteiger partial charge in [-0.05, 0) is 36.8 Å². The molecule has 1 aliphatic rings. The van der Waals surface area contributed by atoms with Gasteiger partial charge in [0.25, 0.3) is 5.91 Å². The molecule has 0 bridgehead atoms. The van der Waals surface area contributed by atoms with Gasteiger partial charge in [0.1, 0.15) is 0 Å². The summed E-state index contributed by atoms with van der Waals surface area (Å²) >= 11 is 18.7. The number of ether oxygens (including phenoxy) is 1. The summed E-state index contributed by atoms with van der Waals surface area (Å²) in [5.74, 6) is -0.828. The molecule has 1 heterocycles. The molecule has 1 aliphatic heterocycles. The fraction of sp³-hybridized carbons (Fsp3) is 0.483. The zero-order chi connectivity index (χ0) is 27.3. The van der Waals surface area contributed by atoms with Crippen LogP contribution in [-0.2, 0) is 14.3 Å². The highest BCUT2D eigenvalue weighted by atomic mass is 35.5. The number of rotatable bonds is 15. The number of nitrogens with one attached hydrogen (secondary N) is 1. The SMILES string of the molecule is CCCCCCCCCCCCCC(=O)OC1C(=O)N(c2cc(Cl)ccc2Cl)NC1=Nc1ccccc1Cl. The quantitative estimate of drug-likeness (QED) is 0.169. The first-order valence-electron chi connectivity index (χ1n) is 13.5. The molecule has 6 nitrogen and oxygen atoms in total. The van der Waals surface area contributed by atoms with Crippen LogP contribution in [0.3, 0.4) is 0 Å². The molecule has 1 fully saturated rings. The van der Waals surface area contributed by atoms with Crippen LogP contribution in [0.4, 0.5) is 11.4 Å². The van der Waals surface area contributed by atoms with Gasteiger partial charge in [-0.25, -0.2) is 10.0 Å². The molecule has 38 heavy (non-hydrogen) atoms. The molecule has 1 amide bonds. The number of benzene rings is 2. The van der Waals surface area contributed by atoms with E-state index >= 15 is 0 Å². The number of hydrogen-bond donors (Lipinski definition) is 1. The van der Waals surface area contributed by atoms with Crippen molar-refractivity contribution in [3.8, 4) is 0 Å². The number of hydrogen-bond acceptors (Lipinski definition) is 4. The monoisotopic (exact) mass is 579 g/mol. The lowest BCUT2D eigenvalue weighted by molar-refractivity contribution is -0.150. The van der Waals surface area contributed by atoms with E-state index in [1.807, 2.05) is 0 Å². The molecule has 3 rings (SSSR count). The maximum absolute atomic E-state index is 13.3. The van der Waals surface area contributed by atoms with Gasteiger partial charge in [0.05, 0.1) is 21.4 Å². The average molecular weight is 581 g/mol. The van der Waals surface area contributed by atoms with Crippen LogP contribution in [0.5, 0.6) is 0 Å². The first-order chi connectivity index (χ1) is 18.4. The third-order valence-electron chi connectivity index (χ3n) is 6.40. The highest BCUT2D eigenvalue weighted by Gasteiger charge is 2.42. The number of anilines is 1. The topological polar surface area (TPSA) is 71.0 Å². The predicted octanol–water partition coefficient (Wildman–Crippen LogP) is 8.84. The van der Waals surface area contributed by atoms with Crippen molar-refractivity contribution < 1.29 is 14.3 Å². The molecule has 2 aromatic rings. The maximum Gasteiger partial charge on any atom is 0.307 e. The number of esters is 1. The Kier molecular flexibility index (Phi) is 12.7. The van der Waals surface area contributed by atoms with E-state index in [9.17, 15) is 9.59 Å². The summed E-state index contributed by atoms with van der Waals surface area (Å²) in [4.78, 5) is 30.5. The van der Waals surface area contributed by atoms with Crippen LogP contribution < -0.4 is 10.4 Å². The van der Waals surface area contributed by atoms with Crippen LogP contribution in [0.2, 0.25) is 15.1 Å². The van der Waals surface area contributed by atoms with Crippen molar-refractivity contribution in [2.45, 2.75) is 90.1 Å². The number of carbonyl (C=O) groups is 2. The third-order valence-corrected chi connectivity index (χ3v) is 7.27. The Hall–Kier alpha value is -2.28. The highest BCUT2D eigenvalue weighted by Crippen LogP contribution is 2.32. The van der Waals surface area contributed by atoms with Crippen LogP contribution in [-0.4, -0.2) is 23.8 Å². The molecule has 1 unspecified atom stereocenters. The first kappa shape index (κ1) is 30.3. The van der Waals surface area contributed by atoms with Gasteiger partial charge in [-0.3, -0.25) is 15.0 Å². The summed E-state index contributed by atoms with van der Waals surface area (Å²) in [6.07, 6.45) is 12.0. The zero-order valence-electron chi connectivity index (χ0n) is 21.9. The number of amidine groups is 1. The molecule has 0 spiro atoms. The maximum atomic E-state index is 13.3. The number of carbonyl (C=O) groups excluding carboxylic acids is 2. The van der Waals surface area contributed by atoms with Gasteiger partial charge in [-0.1, -0.05) is 118 Å². The van der Waals surface area contributed by atoms with Crippen molar-refractivity contribution in [1.82, 2.24) is 5.43 Å². The molecule has 9 heteroatoms. The molecule has 1 atom stereocenters. The molecule has 0 aromatic heterocycles. The van der Waals surface area contributed by atoms with E-state index in [-0.39, 0.29) is 12.3 Å². The standard InChI is InChI=1S/C29H36Cl3N3O3/c1-2-3-4-5-6-7-8-9-10-11-12-17-26(36)38-27-28(33-24-16-14-13-15-22(24)31)34-35(29(27)37)25-20-21(30)18-19-23(25)32/h13-16,18-20,27H,2-12,17H2,1H3,(H,33,34). The Balaban J connectivity index is 1.56. The zero-order valence-corrected chi connectivity index (χ0v) is 24.1. The van der Waals surface area contributed by atoms with Gasteiger partial charge in [-0.2, -0.15) is 0 Å². The number of unbranched alkanes of at least 4 members (excludes halogenated alkanes) is 10. The second-order valence-electron chi connectivity index (χ2n) is 9.49. The fourth-order valence-corrected chi connectivity index (χ4v) is 4.83. The van der Waals surface area contributed by atoms with Crippen LogP contribution in [0.1, 0.15) is 84.0 Å². The molecule has 206 valence electrons. The van der Waals surface area contributed by atoms with E-state index in [4.69, 9.17) is 39.5 Å². The van der Waals surface area contributed by atoms with Crippen LogP contribution in [0.25, 0.3) is 0 Å². The van der Waals surface area contributed by atoms with Gasteiger partial charge in [0.15, 0.2) is 5.84 Å². The summed E-state index contributed by atoms with van der Waals surface area (Å²) in [6, 6.07) is 11.7. The lowest BCUT2D eigenvalue weighted by atomic mass is 10.1. The van der Waals surface area contributed by atoms with Crippen LogP contribution in [0, 0.1) is 0 Å². The molecule has 2 aromatic carbocycles. The third kappa shape index (κ3) is 9.18. The smallest absolute Gasteiger partial charge is 0.307 e. The van der Waals surface area contributed by atoms with E-state index in [2.05, 4.69) is 17.3 Å². The first-order valence-corrected chi connectivity index (χ1v) is 14.6. The Bertz CT molecular complexity index is 1110. The van der Waals surface area contributed by atoms with Gasteiger partial charge in [0, 0.05) is 11.4 Å². The Morgan fingerprint density at radius 1 is 0.895 bits per heavy atom. The van der Waals surface area contributed by atoms with E-state index in [1.165, 1.54) is 56.4 Å². The minimum absolute atomic E-state index is 0.145. The van der Waals surface area contributed by atoms with Gasteiger partial charge in [-0.15, -0.1) is 0 Å². The molecular weight excluding hydrogens is 545 g/mol. The van der Waals surface area contributed by atoms with Crippen molar-refractivity contribution in [2.75, 3.05) is 5.01 Å². The number of para-hydroxylation sites is 1. The Morgan fingerprint density at radius 3 is 2.18 bits per heavy atom. The van der Waals surface area contributed by atoms with Crippen molar-refractivity contribution in [3.63, 3.8) is 0 Å². The number of halogens is 3. The van der Waals surface area contributed by atoms with Crippen molar-refractivity contribution in [2.24, 2.45) is 4.99 Å². The van der Waals surface area contributed by atoms with E-state index in [0.717, 1.165) is 12.8 Å². The number of amides is 1. The van der Waals surface area contributed by atoms with Gasteiger partial charge < -0.3 is 4.74 Å². The van der Waals surface area contributed by atoms with Crippen LogP contribution in [0.15, 0.2) is 47.5 Å². The van der Waals surface area contributed by atoms with Gasteiger partial charge >= 0.3 is 5.97 Å². The van der Waals surface area contributed by atoms with Crippen molar-refractivity contribution in [3.05, 3.63) is 57.5 Å². The number of aliphatic imine (C=N–C) groups is 1. The lowest BCUT2D eigenvalue weighted by Gasteiger charge is -2.17. The van der Waals surface area contributed by atoms with Gasteiger partial charge in [0.2, 0.25) is 6.10 Å². The normalized spacial score (nSPS) is 16.2. The van der Waals surface area contributed by atoms with Crippen molar-refractivity contribution >= 4 is 63.9 Å². The minimum atomic E-state index is -1.25. The number of hydrazine groups is 1. The Morgan fingerprint density at radius 2 is 1.53 bits per heavy atom. The number of nitrogens with zero attached hydrogens (tertiary/aromatic N) is 2. The second-order valence-corrected chi connectivity index (χ2v) is 10.7. The summed E-state index contributed by atoms with van der Waals surface area (Å²) in [7, 11) is 0. The molecule has 0 saturated carbocycles. The largest absolute Gasteiger partial charge is 0.444 e. The predicted molar refractivity (Wildman–Crippen MR) is 157 cm³/mol. The highest BCUT2D eigenvalue weighted by molar-refractivity contribution is 6.36. The summed E-state index contributed by atoms with van der Waals surface area (Å²) < 4.78 is 5.62. The molecule has 0 aliphatic carbocycles. The molecular formula is C29H36Cl3N3O3. The van der Waals surface area contributed by atoms with Crippen LogP contribution >= 0.6 is 34.8 Å². The molecule has 1 saturated heterocycles. The van der Waals surface area contributed by atoms with E-state index in [1.54, 1.807) is 42.5 Å². The lowest BCUT2D eigenvalue weighted by Crippen LogP contribution is -2.36. The summed E-state index contributed by atoms with van der Waals surface area (Å²) in [5.41, 5.74) is 3.70. The van der Waals surface area contributed by atoms with E-state index < -0.39 is 18.0 Å². The summed E-state index contributed by atoms with van der Waals surface area (Å²) in [6.45, 7) is 2.23.